The van der Waals surface area contributed by atoms with Crippen LogP contribution >= 0.6 is 0 Å². The molecule has 0 aliphatic carbocycles. The van der Waals surface area contributed by atoms with Crippen LogP contribution in [0.15, 0.2) is 67.0 Å². The minimum Gasteiger partial charge on any atom is -0.342 e. The van der Waals surface area contributed by atoms with Gasteiger partial charge in [0.1, 0.15) is 6.54 Å². The van der Waals surface area contributed by atoms with E-state index in [0.717, 1.165) is 22.3 Å². The van der Waals surface area contributed by atoms with Gasteiger partial charge in [0.25, 0.3) is 5.91 Å². The summed E-state index contributed by atoms with van der Waals surface area (Å²) < 4.78 is 3.76. The van der Waals surface area contributed by atoms with Gasteiger partial charge in [-0.15, -0.1) is 0 Å². The first-order chi connectivity index (χ1) is 16.0. The Morgan fingerprint density at radius 2 is 1.76 bits per heavy atom. The van der Waals surface area contributed by atoms with Crippen LogP contribution in [0.3, 0.4) is 0 Å². The molecule has 1 N–H and O–H groups in total. The zero-order valence-electron chi connectivity index (χ0n) is 19.3. The lowest BCUT2D eigenvalue weighted by molar-refractivity contribution is -0.131. The Kier molecular flexibility index (Phi) is 6.58. The molecular weight excluding hydrogens is 414 g/mol. The number of para-hydroxylation sites is 1. The van der Waals surface area contributed by atoms with Crippen molar-refractivity contribution < 1.29 is 9.59 Å². The molecule has 170 valence electrons. The van der Waals surface area contributed by atoms with Crippen molar-refractivity contribution in [2.45, 2.75) is 33.7 Å². The normalized spacial score (nSPS) is 11.0. The molecule has 0 fully saturated rings. The number of fused-ring (bicyclic) bond motifs is 1. The Morgan fingerprint density at radius 1 is 1.00 bits per heavy atom. The fraction of sp³-hybridized carbons (Fsp3) is 0.269. The van der Waals surface area contributed by atoms with E-state index in [9.17, 15) is 9.59 Å². The third-order valence-corrected chi connectivity index (χ3v) is 5.90. The van der Waals surface area contributed by atoms with Crippen molar-refractivity contribution in [3.8, 4) is 5.69 Å². The van der Waals surface area contributed by atoms with Gasteiger partial charge >= 0.3 is 0 Å². The molecule has 2 aromatic carbocycles. The quantitative estimate of drug-likeness (QED) is 0.436. The average Bonchev–Trinajstić information content (AvgIpc) is 3.44. The molecule has 0 saturated heterocycles. The fourth-order valence-electron chi connectivity index (χ4n) is 4.13. The molecule has 0 unspecified atom stereocenters. The summed E-state index contributed by atoms with van der Waals surface area (Å²) in [4.78, 5) is 27.4. The van der Waals surface area contributed by atoms with Crippen LogP contribution in [0.4, 0.5) is 5.69 Å². The van der Waals surface area contributed by atoms with E-state index in [-0.39, 0.29) is 11.8 Å². The zero-order chi connectivity index (χ0) is 23.4. The van der Waals surface area contributed by atoms with Crippen LogP contribution in [0.5, 0.6) is 0 Å². The number of carbonyl (C=O) groups is 2. The molecule has 33 heavy (non-hydrogen) atoms. The molecule has 0 spiro atoms. The molecule has 2 amide bonds. The maximum atomic E-state index is 13.0. The Labute approximate surface area is 193 Å². The van der Waals surface area contributed by atoms with Crippen LogP contribution in [-0.4, -0.2) is 44.2 Å². The first-order valence-corrected chi connectivity index (χ1v) is 11.4. The highest BCUT2D eigenvalue weighted by Gasteiger charge is 2.18. The van der Waals surface area contributed by atoms with Gasteiger partial charge in [0.2, 0.25) is 5.91 Å². The fourth-order valence-corrected chi connectivity index (χ4v) is 4.13. The summed E-state index contributed by atoms with van der Waals surface area (Å²) in [7, 11) is 0. The molecule has 4 rings (SSSR count). The van der Waals surface area contributed by atoms with E-state index in [4.69, 9.17) is 0 Å². The third kappa shape index (κ3) is 4.53. The topological polar surface area (TPSA) is 72.2 Å². The second-order valence-corrected chi connectivity index (χ2v) is 7.84. The standard InChI is InChI=1S/C26H29N5O2/c1-4-23-22(17-27-31(23)21-10-8-7-9-11-21)26(33)28-20-12-13-24-19(16-20)14-15-30(24)18-25(32)29(5-2)6-3/h7-17H,4-6,18H2,1-3H3,(H,28,33). The summed E-state index contributed by atoms with van der Waals surface area (Å²) in [6, 6.07) is 17.5. The lowest BCUT2D eigenvalue weighted by Gasteiger charge is -2.19. The summed E-state index contributed by atoms with van der Waals surface area (Å²) in [6.07, 6.45) is 4.21. The smallest absolute Gasteiger partial charge is 0.259 e. The summed E-state index contributed by atoms with van der Waals surface area (Å²) in [5, 5.41) is 8.41. The van der Waals surface area contributed by atoms with E-state index < -0.39 is 0 Å². The number of likely N-dealkylation sites (N-methyl/N-ethyl adjacent to an activating group) is 1. The Bertz CT molecular complexity index is 1270. The molecule has 7 heteroatoms. The number of carbonyl (C=O) groups excluding carboxylic acids is 2. The highest BCUT2D eigenvalue weighted by Crippen LogP contribution is 2.22. The predicted molar refractivity (Wildman–Crippen MR) is 131 cm³/mol. The maximum Gasteiger partial charge on any atom is 0.259 e. The Morgan fingerprint density at radius 3 is 2.45 bits per heavy atom. The molecule has 4 aromatic rings. The highest BCUT2D eigenvalue weighted by atomic mass is 16.2. The number of nitrogens with zero attached hydrogens (tertiary/aromatic N) is 4. The number of amides is 2. The van der Waals surface area contributed by atoms with E-state index in [1.807, 2.05) is 95.7 Å². The van der Waals surface area contributed by atoms with Crippen molar-refractivity contribution in [2.24, 2.45) is 0 Å². The Balaban J connectivity index is 1.53. The van der Waals surface area contributed by atoms with Crippen molar-refractivity contribution in [1.82, 2.24) is 19.2 Å². The van der Waals surface area contributed by atoms with Gasteiger partial charge in [-0.2, -0.15) is 5.10 Å². The SMILES string of the molecule is CCc1c(C(=O)Nc2ccc3c(ccn3CC(=O)N(CC)CC)c2)cnn1-c1ccccc1. The van der Waals surface area contributed by atoms with Gasteiger partial charge in [0, 0.05) is 35.9 Å². The summed E-state index contributed by atoms with van der Waals surface area (Å²) in [5.74, 6) is -0.0954. The van der Waals surface area contributed by atoms with Gasteiger partial charge in [-0.1, -0.05) is 25.1 Å². The molecular formula is C26H29N5O2. The molecule has 0 aliphatic heterocycles. The van der Waals surface area contributed by atoms with E-state index in [0.29, 0.717) is 37.3 Å². The third-order valence-electron chi connectivity index (χ3n) is 5.90. The lowest BCUT2D eigenvalue weighted by Crippen LogP contribution is -2.33. The number of aromatic nitrogens is 3. The monoisotopic (exact) mass is 443 g/mol. The average molecular weight is 444 g/mol. The number of nitrogens with one attached hydrogen (secondary N) is 1. The molecule has 0 aliphatic rings. The second-order valence-electron chi connectivity index (χ2n) is 7.84. The van der Waals surface area contributed by atoms with Crippen molar-refractivity contribution in [3.63, 3.8) is 0 Å². The van der Waals surface area contributed by atoms with Crippen molar-refractivity contribution in [2.75, 3.05) is 18.4 Å². The van der Waals surface area contributed by atoms with Gasteiger partial charge in [-0.05, 0) is 56.7 Å². The van der Waals surface area contributed by atoms with E-state index in [2.05, 4.69) is 10.4 Å². The van der Waals surface area contributed by atoms with Crippen LogP contribution < -0.4 is 5.32 Å². The number of hydrogen-bond donors (Lipinski definition) is 1. The molecule has 7 nitrogen and oxygen atoms in total. The first-order valence-electron chi connectivity index (χ1n) is 11.4. The summed E-state index contributed by atoms with van der Waals surface area (Å²) in [5.41, 5.74) is 4.01. The van der Waals surface area contributed by atoms with Crippen molar-refractivity contribution in [1.29, 1.82) is 0 Å². The van der Waals surface area contributed by atoms with Crippen molar-refractivity contribution in [3.05, 3.63) is 78.2 Å². The molecule has 0 atom stereocenters. The van der Waals surface area contributed by atoms with Crippen LogP contribution in [0, 0.1) is 0 Å². The van der Waals surface area contributed by atoms with Crippen LogP contribution in [0.2, 0.25) is 0 Å². The van der Waals surface area contributed by atoms with Gasteiger partial charge < -0.3 is 14.8 Å². The number of hydrogen-bond acceptors (Lipinski definition) is 3. The largest absolute Gasteiger partial charge is 0.342 e. The zero-order valence-corrected chi connectivity index (χ0v) is 19.3. The maximum absolute atomic E-state index is 13.0. The minimum absolute atomic E-state index is 0.0948. The van der Waals surface area contributed by atoms with Crippen molar-refractivity contribution >= 4 is 28.4 Å². The number of benzene rings is 2. The Hall–Kier alpha value is -3.87. The van der Waals surface area contributed by atoms with E-state index in [1.54, 1.807) is 6.20 Å². The van der Waals surface area contributed by atoms with Crippen LogP contribution in [-0.2, 0) is 17.8 Å². The minimum atomic E-state index is -0.190. The van der Waals surface area contributed by atoms with Gasteiger partial charge in [-0.25, -0.2) is 4.68 Å². The van der Waals surface area contributed by atoms with Gasteiger partial charge in [0.05, 0.1) is 23.1 Å². The lowest BCUT2D eigenvalue weighted by atomic mass is 10.1. The molecule has 2 aromatic heterocycles. The highest BCUT2D eigenvalue weighted by molar-refractivity contribution is 6.06. The van der Waals surface area contributed by atoms with Gasteiger partial charge in [0.15, 0.2) is 0 Å². The second kappa shape index (κ2) is 9.73. The first kappa shape index (κ1) is 22.3. The molecule has 0 saturated carbocycles. The number of anilines is 1. The summed E-state index contributed by atoms with van der Waals surface area (Å²) in [6.45, 7) is 7.68. The van der Waals surface area contributed by atoms with E-state index >= 15 is 0 Å². The molecule has 2 heterocycles. The molecule has 0 bridgehead atoms. The van der Waals surface area contributed by atoms with E-state index in [1.165, 1.54) is 0 Å². The predicted octanol–water partition coefficient (Wildman–Crippen LogP) is 4.51. The summed E-state index contributed by atoms with van der Waals surface area (Å²) >= 11 is 0. The van der Waals surface area contributed by atoms with Crippen LogP contribution in [0.25, 0.3) is 16.6 Å². The van der Waals surface area contributed by atoms with Crippen LogP contribution in [0.1, 0.15) is 36.8 Å². The molecule has 0 radical (unpaired) electrons. The van der Waals surface area contributed by atoms with Gasteiger partial charge in [-0.3, -0.25) is 9.59 Å². The number of rotatable bonds is 8.